The highest BCUT2D eigenvalue weighted by Gasteiger charge is 2.33. The van der Waals surface area contributed by atoms with Crippen molar-refractivity contribution in [1.82, 2.24) is 29.5 Å². The number of esters is 1. The molecule has 6 aromatic rings. The van der Waals surface area contributed by atoms with Crippen LogP contribution in [-0.4, -0.2) is 65.3 Å². The monoisotopic (exact) mass is 764 g/mol. The van der Waals surface area contributed by atoms with Crippen molar-refractivity contribution in [2.75, 3.05) is 7.11 Å². The van der Waals surface area contributed by atoms with Crippen molar-refractivity contribution in [2.24, 2.45) is 14.1 Å². The molecule has 0 fully saturated rings. The summed E-state index contributed by atoms with van der Waals surface area (Å²) in [5, 5.41) is 18.7. The lowest BCUT2D eigenvalue weighted by Gasteiger charge is -2.20. The second kappa shape index (κ2) is 16.3. The number of ketones is 2. The maximum Gasteiger partial charge on any atom is 0.337 e. The highest BCUT2D eigenvalue weighted by atomic mass is 16.5. The number of carboxylic acid groups (broad SMARTS) is 1. The molecule has 1 N–H and O–H groups in total. The third-order valence-electron chi connectivity index (χ3n) is 11.0. The molecule has 4 aromatic heterocycles. The van der Waals surface area contributed by atoms with E-state index in [2.05, 4.69) is 9.97 Å². The minimum absolute atomic E-state index is 0.00820. The molecule has 0 saturated heterocycles. The summed E-state index contributed by atoms with van der Waals surface area (Å²) < 4.78 is 8.44. The molecule has 2 aliphatic rings. The molecule has 8 rings (SSSR count). The molecule has 290 valence electrons. The van der Waals surface area contributed by atoms with Crippen LogP contribution < -0.4 is 0 Å². The molecule has 0 amide bonds. The van der Waals surface area contributed by atoms with Crippen molar-refractivity contribution in [3.63, 3.8) is 0 Å². The molecule has 2 aromatic carbocycles. The summed E-state index contributed by atoms with van der Waals surface area (Å²) in [6.45, 7) is 3.91. The first-order chi connectivity index (χ1) is 27.4. The van der Waals surface area contributed by atoms with E-state index in [1.807, 2.05) is 87.2 Å². The number of carbonyl (C=O) groups is 4. The Balaban J connectivity index is 0.000000174. The highest BCUT2D eigenvalue weighted by Crippen LogP contribution is 2.43. The largest absolute Gasteiger partial charge is 0.478 e. The van der Waals surface area contributed by atoms with E-state index >= 15 is 0 Å². The van der Waals surface area contributed by atoms with Gasteiger partial charge in [0.2, 0.25) is 0 Å². The molecule has 57 heavy (non-hydrogen) atoms. The fraction of sp³-hybridized carbons (Fsp3) is 0.289. The number of carboxylic acids is 1. The summed E-state index contributed by atoms with van der Waals surface area (Å²) in [7, 11) is 5.12. The molecule has 0 saturated carbocycles. The van der Waals surface area contributed by atoms with Gasteiger partial charge in [-0.15, -0.1) is 0 Å². The fourth-order valence-corrected chi connectivity index (χ4v) is 8.27. The first-order valence-corrected chi connectivity index (χ1v) is 19.0. The molecule has 12 nitrogen and oxygen atoms in total. The molecule has 2 aliphatic carbocycles. The van der Waals surface area contributed by atoms with Gasteiger partial charge >= 0.3 is 11.9 Å². The van der Waals surface area contributed by atoms with Gasteiger partial charge in [-0.1, -0.05) is 24.3 Å². The van der Waals surface area contributed by atoms with Gasteiger partial charge < -0.3 is 9.84 Å². The van der Waals surface area contributed by atoms with Crippen LogP contribution in [0.15, 0.2) is 85.2 Å². The summed E-state index contributed by atoms with van der Waals surface area (Å²) in [5.74, 6) is -0.912. The summed E-state index contributed by atoms with van der Waals surface area (Å²) in [4.78, 5) is 57.1. The van der Waals surface area contributed by atoms with E-state index in [1.165, 1.54) is 7.11 Å². The molecular formula is C45H44N6O6. The number of aromatic carboxylic acids is 1. The second-order valence-corrected chi connectivity index (χ2v) is 14.6. The second-order valence-electron chi connectivity index (χ2n) is 14.6. The molecule has 0 aliphatic heterocycles. The molecule has 0 bridgehead atoms. The van der Waals surface area contributed by atoms with Crippen molar-refractivity contribution in [1.29, 1.82) is 0 Å². The van der Waals surface area contributed by atoms with Gasteiger partial charge in [0.15, 0.2) is 0 Å². The first-order valence-electron chi connectivity index (χ1n) is 19.0. The lowest BCUT2D eigenvalue weighted by Crippen LogP contribution is -2.08. The SMILES string of the molecule is COC(=O)c1ccc(C2CCC(=O)Cc3c2c(-c2ccccn2)nn3C)c(C)c1.Cc1cc(C(=O)O)ccc1C1CCC(=O)Cc2c1c(-c1ccccn1)nn2C. The van der Waals surface area contributed by atoms with E-state index in [9.17, 15) is 24.3 Å². The van der Waals surface area contributed by atoms with Gasteiger partial charge in [0.25, 0.3) is 0 Å². The van der Waals surface area contributed by atoms with Crippen LogP contribution >= 0.6 is 0 Å². The van der Waals surface area contributed by atoms with Gasteiger partial charge in [-0.25, -0.2) is 9.59 Å². The number of Topliss-reactive ketones (excluding diaryl/α,β-unsaturated/α-hetero) is 2. The first kappa shape index (κ1) is 38.7. The molecule has 2 unspecified atom stereocenters. The Labute approximate surface area is 330 Å². The Morgan fingerprint density at radius 1 is 0.684 bits per heavy atom. The zero-order chi connectivity index (χ0) is 40.4. The smallest absolute Gasteiger partial charge is 0.337 e. The van der Waals surface area contributed by atoms with Crippen LogP contribution in [0.25, 0.3) is 22.8 Å². The van der Waals surface area contributed by atoms with Crippen LogP contribution in [0.5, 0.6) is 0 Å². The quantitative estimate of drug-likeness (QED) is 0.136. The molecule has 0 spiro atoms. The fourth-order valence-electron chi connectivity index (χ4n) is 8.27. The Hall–Kier alpha value is -6.56. The number of benzene rings is 2. The summed E-state index contributed by atoms with van der Waals surface area (Å²) >= 11 is 0. The number of ether oxygens (including phenoxy) is 1. The van der Waals surface area contributed by atoms with E-state index in [-0.39, 0.29) is 34.9 Å². The van der Waals surface area contributed by atoms with Gasteiger partial charge in [0.05, 0.1) is 29.6 Å². The maximum atomic E-state index is 12.5. The van der Waals surface area contributed by atoms with Gasteiger partial charge in [0.1, 0.15) is 23.0 Å². The van der Waals surface area contributed by atoms with Crippen LogP contribution in [0.1, 0.15) is 103 Å². The Morgan fingerprint density at radius 2 is 1.14 bits per heavy atom. The number of carbonyl (C=O) groups excluding carboxylic acids is 3. The van der Waals surface area contributed by atoms with Crippen LogP contribution in [-0.2, 0) is 41.3 Å². The number of rotatable bonds is 6. The van der Waals surface area contributed by atoms with Crippen molar-refractivity contribution in [3.05, 3.63) is 141 Å². The number of fused-ring (bicyclic) bond motifs is 2. The van der Waals surface area contributed by atoms with Crippen LogP contribution in [0, 0.1) is 13.8 Å². The Bertz CT molecular complexity index is 2500. The predicted molar refractivity (Wildman–Crippen MR) is 213 cm³/mol. The van der Waals surface area contributed by atoms with Crippen molar-refractivity contribution >= 4 is 23.5 Å². The Kier molecular flexibility index (Phi) is 11.0. The summed E-state index contributed by atoms with van der Waals surface area (Å²) in [6, 6.07) is 22.3. The van der Waals surface area contributed by atoms with Gasteiger partial charge in [0, 0.05) is 86.5 Å². The molecule has 12 heteroatoms. The summed E-state index contributed by atoms with van der Waals surface area (Å²) in [5.41, 5.74) is 11.9. The number of hydrogen-bond acceptors (Lipinski definition) is 9. The van der Waals surface area contributed by atoms with E-state index in [4.69, 9.17) is 14.9 Å². The van der Waals surface area contributed by atoms with Gasteiger partial charge in [-0.05, 0) is 97.5 Å². The van der Waals surface area contributed by atoms with Crippen LogP contribution in [0.2, 0.25) is 0 Å². The zero-order valence-electron chi connectivity index (χ0n) is 32.7. The van der Waals surface area contributed by atoms with Crippen molar-refractivity contribution in [2.45, 2.75) is 64.2 Å². The minimum atomic E-state index is -0.943. The number of aryl methyl sites for hydroxylation is 4. The van der Waals surface area contributed by atoms with E-state index in [1.54, 1.807) is 35.3 Å². The average Bonchev–Trinajstić information content (AvgIpc) is 3.55. The molecule has 4 heterocycles. The average molecular weight is 765 g/mol. The van der Waals surface area contributed by atoms with Crippen molar-refractivity contribution in [3.8, 4) is 22.8 Å². The molecule has 0 radical (unpaired) electrons. The lowest BCUT2D eigenvalue weighted by molar-refractivity contribution is -0.119. The maximum absolute atomic E-state index is 12.5. The Morgan fingerprint density at radius 3 is 1.54 bits per heavy atom. The molecular weight excluding hydrogens is 721 g/mol. The highest BCUT2D eigenvalue weighted by molar-refractivity contribution is 5.90. The number of hydrogen-bond donors (Lipinski definition) is 1. The number of pyridine rings is 2. The normalized spacial score (nSPS) is 16.4. The van der Waals surface area contributed by atoms with Gasteiger partial charge in [-0.2, -0.15) is 10.2 Å². The van der Waals surface area contributed by atoms with E-state index in [0.717, 1.165) is 67.5 Å². The van der Waals surface area contributed by atoms with Gasteiger partial charge in [-0.3, -0.25) is 28.9 Å². The van der Waals surface area contributed by atoms with E-state index in [0.29, 0.717) is 44.1 Å². The third-order valence-corrected chi connectivity index (χ3v) is 11.0. The summed E-state index contributed by atoms with van der Waals surface area (Å²) in [6.07, 6.45) is 6.60. The number of aromatic nitrogens is 6. The van der Waals surface area contributed by atoms with Crippen molar-refractivity contribution < 1.29 is 29.0 Å². The van der Waals surface area contributed by atoms with E-state index < -0.39 is 5.97 Å². The topological polar surface area (TPSA) is 159 Å². The predicted octanol–water partition coefficient (Wildman–Crippen LogP) is 7.14. The third kappa shape index (κ3) is 7.80. The number of nitrogens with zero attached hydrogens (tertiary/aromatic N) is 6. The number of methoxy groups -OCH3 is 1. The minimum Gasteiger partial charge on any atom is -0.478 e. The lowest BCUT2D eigenvalue weighted by atomic mass is 9.84. The molecule has 2 atom stereocenters. The van der Waals surface area contributed by atoms with Crippen LogP contribution in [0.4, 0.5) is 0 Å². The standard InChI is InChI=1S/C23H23N3O3.C22H21N3O3/c1-14-12-15(23(28)29-3)7-9-17(14)18-10-8-16(27)13-20-21(18)22(25-26(20)2)19-6-4-5-11-24-19;1-13-11-14(22(27)28)6-8-16(13)17-9-7-15(26)12-19-20(17)21(24-25(19)2)18-5-3-4-10-23-18/h4-7,9,11-12,18H,8,10,13H2,1-3H3;3-6,8,10-11,17H,7,9,12H2,1-2H3,(H,27,28). The zero-order valence-corrected chi connectivity index (χ0v) is 32.7. The van der Waals surface area contributed by atoms with Crippen LogP contribution in [0.3, 0.4) is 0 Å².